The Labute approximate surface area is 183 Å². The van der Waals surface area contributed by atoms with E-state index in [-0.39, 0.29) is 18.2 Å². The molecule has 1 atom stereocenters. The first-order chi connectivity index (χ1) is 14.5. The standard InChI is InChI=1S/C21H30N4O4S/c1-3-24-20(27)18(25(21(24)30)10-9-23-11-13-28-14-12-23)15-19(26)22-16-5-7-17(8-6-16)29-4-2/h5-8,18H,3-4,9-15H2,1-2H3,(H,22,26)/t18-/m1/s1. The van der Waals surface area contributed by atoms with Gasteiger partial charge in [0.25, 0.3) is 5.91 Å². The Bertz CT molecular complexity index is 752. The van der Waals surface area contributed by atoms with E-state index >= 15 is 0 Å². The third-order valence-corrected chi connectivity index (χ3v) is 5.76. The lowest BCUT2D eigenvalue weighted by Crippen LogP contribution is -2.45. The van der Waals surface area contributed by atoms with Crippen molar-refractivity contribution in [2.45, 2.75) is 26.3 Å². The molecule has 0 aromatic heterocycles. The van der Waals surface area contributed by atoms with Gasteiger partial charge in [0.1, 0.15) is 11.8 Å². The predicted molar refractivity (Wildman–Crippen MR) is 119 cm³/mol. The molecule has 0 bridgehead atoms. The number of benzene rings is 1. The maximum Gasteiger partial charge on any atom is 0.252 e. The Morgan fingerprint density at radius 3 is 2.53 bits per heavy atom. The zero-order chi connectivity index (χ0) is 21.5. The molecule has 0 aliphatic carbocycles. The van der Waals surface area contributed by atoms with Crippen molar-refractivity contribution in [1.82, 2.24) is 14.7 Å². The van der Waals surface area contributed by atoms with Gasteiger partial charge < -0.3 is 19.7 Å². The van der Waals surface area contributed by atoms with Crippen molar-refractivity contribution >= 4 is 34.8 Å². The molecule has 2 aliphatic rings. The van der Waals surface area contributed by atoms with E-state index in [1.165, 1.54) is 0 Å². The van der Waals surface area contributed by atoms with Crippen LogP contribution in [0.2, 0.25) is 0 Å². The molecule has 0 unspecified atom stereocenters. The summed E-state index contributed by atoms with van der Waals surface area (Å²) < 4.78 is 10.8. The van der Waals surface area contributed by atoms with Crippen LogP contribution in [-0.4, -0.2) is 90.2 Å². The summed E-state index contributed by atoms with van der Waals surface area (Å²) in [4.78, 5) is 31.3. The number of likely N-dealkylation sites (N-methyl/N-ethyl adjacent to an activating group) is 1. The first-order valence-electron chi connectivity index (χ1n) is 10.5. The van der Waals surface area contributed by atoms with E-state index in [4.69, 9.17) is 21.7 Å². The van der Waals surface area contributed by atoms with Crippen LogP contribution in [0.1, 0.15) is 20.3 Å². The van der Waals surface area contributed by atoms with Crippen LogP contribution in [0.4, 0.5) is 5.69 Å². The predicted octanol–water partition coefficient (Wildman–Crippen LogP) is 1.56. The number of nitrogens with one attached hydrogen (secondary N) is 1. The van der Waals surface area contributed by atoms with E-state index in [1.54, 1.807) is 17.0 Å². The van der Waals surface area contributed by atoms with Crippen molar-refractivity contribution in [2.75, 3.05) is 57.9 Å². The summed E-state index contributed by atoms with van der Waals surface area (Å²) >= 11 is 5.55. The number of carbonyl (C=O) groups is 2. The number of nitrogens with zero attached hydrogens (tertiary/aromatic N) is 3. The maximum atomic E-state index is 12.9. The van der Waals surface area contributed by atoms with E-state index < -0.39 is 6.04 Å². The second-order valence-electron chi connectivity index (χ2n) is 7.24. The first kappa shape index (κ1) is 22.5. The van der Waals surface area contributed by atoms with Crippen LogP contribution >= 0.6 is 12.2 Å². The molecule has 8 nitrogen and oxygen atoms in total. The third kappa shape index (κ3) is 5.47. The summed E-state index contributed by atoms with van der Waals surface area (Å²) in [5.41, 5.74) is 0.670. The van der Waals surface area contributed by atoms with Gasteiger partial charge in [-0.05, 0) is 50.3 Å². The highest BCUT2D eigenvalue weighted by molar-refractivity contribution is 7.80. The lowest BCUT2D eigenvalue weighted by molar-refractivity contribution is -0.130. The summed E-state index contributed by atoms with van der Waals surface area (Å²) in [6.07, 6.45) is 0.0613. The first-order valence-corrected chi connectivity index (χ1v) is 10.9. The van der Waals surface area contributed by atoms with Gasteiger partial charge in [0.05, 0.1) is 26.2 Å². The number of ether oxygens (including phenoxy) is 2. The van der Waals surface area contributed by atoms with Crippen LogP contribution in [0, 0.1) is 0 Å². The van der Waals surface area contributed by atoms with E-state index in [2.05, 4.69) is 10.2 Å². The Morgan fingerprint density at radius 1 is 1.20 bits per heavy atom. The Kier molecular flexibility index (Phi) is 8.01. The van der Waals surface area contributed by atoms with Crippen molar-refractivity contribution in [3.63, 3.8) is 0 Å². The highest BCUT2D eigenvalue weighted by atomic mass is 32.1. The maximum absolute atomic E-state index is 12.9. The molecule has 3 rings (SSSR count). The SMILES string of the molecule is CCOc1ccc(NC(=O)C[C@@H]2C(=O)N(CC)C(=S)N2CCN2CCOCC2)cc1. The summed E-state index contributed by atoms with van der Waals surface area (Å²) in [5.74, 6) is 0.431. The number of carbonyl (C=O) groups excluding carboxylic acids is 2. The summed E-state index contributed by atoms with van der Waals surface area (Å²) in [6.45, 7) is 9.48. The molecule has 1 N–H and O–H groups in total. The number of hydrogen-bond acceptors (Lipinski definition) is 6. The molecule has 2 fully saturated rings. The quantitative estimate of drug-likeness (QED) is 0.591. The average molecular weight is 435 g/mol. The van der Waals surface area contributed by atoms with Gasteiger partial charge in [-0.25, -0.2) is 0 Å². The number of amides is 2. The Hall–Kier alpha value is -2.23. The average Bonchev–Trinajstić information content (AvgIpc) is 2.97. The Balaban J connectivity index is 1.61. The largest absolute Gasteiger partial charge is 0.494 e. The molecule has 2 heterocycles. The zero-order valence-corrected chi connectivity index (χ0v) is 18.5. The van der Waals surface area contributed by atoms with Crippen LogP contribution in [0.3, 0.4) is 0 Å². The van der Waals surface area contributed by atoms with E-state index in [0.29, 0.717) is 30.5 Å². The van der Waals surface area contributed by atoms with E-state index in [1.807, 2.05) is 30.9 Å². The highest BCUT2D eigenvalue weighted by Gasteiger charge is 2.42. The van der Waals surface area contributed by atoms with Crippen LogP contribution in [0.25, 0.3) is 0 Å². The molecule has 0 saturated carbocycles. The molecule has 164 valence electrons. The number of morpholine rings is 1. The van der Waals surface area contributed by atoms with Crippen molar-refractivity contribution in [1.29, 1.82) is 0 Å². The molecular formula is C21H30N4O4S. The third-order valence-electron chi connectivity index (χ3n) is 5.31. The molecule has 1 aromatic rings. The fourth-order valence-corrected chi connectivity index (χ4v) is 4.14. The van der Waals surface area contributed by atoms with Gasteiger partial charge in [-0.2, -0.15) is 0 Å². The summed E-state index contributed by atoms with van der Waals surface area (Å²) in [6, 6.07) is 6.63. The summed E-state index contributed by atoms with van der Waals surface area (Å²) in [5, 5.41) is 3.38. The highest BCUT2D eigenvalue weighted by Crippen LogP contribution is 2.22. The number of thiocarbonyl (C=S) groups is 1. The van der Waals surface area contributed by atoms with Gasteiger partial charge in [0.15, 0.2) is 5.11 Å². The smallest absolute Gasteiger partial charge is 0.252 e. The van der Waals surface area contributed by atoms with E-state index in [9.17, 15) is 9.59 Å². The number of rotatable bonds is 9. The fraction of sp³-hybridized carbons (Fsp3) is 0.571. The molecule has 9 heteroatoms. The molecule has 1 aromatic carbocycles. The zero-order valence-electron chi connectivity index (χ0n) is 17.6. The molecule has 0 radical (unpaired) electrons. The van der Waals surface area contributed by atoms with Crippen molar-refractivity contribution in [3.8, 4) is 5.75 Å². The van der Waals surface area contributed by atoms with Gasteiger partial charge in [-0.1, -0.05) is 0 Å². The molecule has 2 aliphatic heterocycles. The monoisotopic (exact) mass is 434 g/mol. The summed E-state index contributed by atoms with van der Waals surface area (Å²) in [7, 11) is 0. The fourth-order valence-electron chi connectivity index (χ4n) is 3.70. The van der Waals surface area contributed by atoms with Crippen LogP contribution in [0.5, 0.6) is 5.75 Å². The van der Waals surface area contributed by atoms with Crippen molar-refractivity contribution < 1.29 is 19.1 Å². The minimum absolute atomic E-state index is 0.0613. The van der Waals surface area contributed by atoms with Crippen LogP contribution in [0.15, 0.2) is 24.3 Å². The lowest BCUT2D eigenvalue weighted by Gasteiger charge is -2.30. The lowest BCUT2D eigenvalue weighted by atomic mass is 10.1. The topological polar surface area (TPSA) is 74.4 Å². The van der Waals surface area contributed by atoms with Gasteiger partial charge in [0, 0.05) is 38.4 Å². The Morgan fingerprint density at radius 2 is 1.90 bits per heavy atom. The van der Waals surface area contributed by atoms with Crippen molar-refractivity contribution in [3.05, 3.63) is 24.3 Å². The van der Waals surface area contributed by atoms with Gasteiger partial charge in [0.2, 0.25) is 5.91 Å². The van der Waals surface area contributed by atoms with Crippen LogP contribution in [-0.2, 0) is 14.3 Å². The number of hydrogen-bond donors (Lipinski definition) is 1. The van der Waals surface area contributed by atoms with Crippen LogP contribution < -0.4 is 10.1 Å². The van der Waals surface area contributed by atoms with Gasteiger partial charge >= 0.3 is 0 Å². The molecule has 2 saturated heterocycles. The van der Waals surface area contributed by atoms with Crippen molar-refractivity contribution in [2.24, 2.45) is 0 Å². The second-order valence-corrected chi connectivity index (χ2v) is 7.60. The molecule has 2 amide bonds. The molecule has 30 heavy (non-hydrogen) atoms. The minimum Gasteiger partial charge on any atom is -0.494 e. The molecule has 0 spiro atoms. The van der Waals surface area contributed by atoms with Gasteiger partial charge in [-0.3, -0.25) is 19.4 Å². The second kappa shape index (κ2) is 10.7. The van der Waals surface area contributed by atoms with Gasteiger partial charge in [-0.15, -0.1) is 0 Å². The molecular weight excluding hydrogens is 404 g/mol. The van der Waals surface area contributed by atoms with E-state index in [0.717, 1.165) is 38.6 Å². The number of anilines is 1. The normalized spacial score (nSPS) is 20.0. The minimum atomic E-state index is -0.568.